The van der Waals surface area contributed by atoms with Crippen LogP contribution in [0.5, 0.6) is 0 Å². The Morgan fingerprint density at radius 2 is 2.20 bits per heavy atom. The Morgan fingerprint density at radius 1 is 1.55 bits per heavy atom. The maximum atomic E-state index is 11.1. The largest absolute Gasteiger partial charge is 0.444 e. The summed E-state index contributed by atoms with van der Waals surface area (Å²) in [5.41, 5.74) is 0.374. The maximum absolute atomic E-state index is 11.1. The highest BCUT2D eigenvalue weighted by molar-refractivity contribution is 5.68. The van der Waals surface area contributed by atoms with Gasteiger partial charge in [0.05, 0.1) is 11.8 Å². The van der Waals surface area contributed by atoms with Crippen LogP contribution in [0.25, 0.3) is 0 Å². The second-order valence-electron chi connectivity index (χ2n) is 5.96. The molecule has 0 saturated heterocycles. The van der Waals surface area contributed by atoms with Crippen LogP contribution in [-0.2, 0) is 4.74 Å². The van der Waals surface area contributed by atoms with E-state index in [1.165, 1.54) is 6.42 Å². The van der Waals surface area contributed by atoms with Gasteiger partial charge in [0, 0.05) is 12.2 Å². The van der Waals surface area contributed by atoms with E-state index < -0.39 is 6.10 Å². The molecule has 0 aliphatic heterocycles. The third kappa shape index (κ3) is 6.56. The van der Waals surface area contributed by atoms with Gasteiger partial charge in [0.15, 0.2) is 0 Å². The zero-order valence-corrected chi connectivity index (χ0v) is 12.6. The smallest absolute Gasteiger partial charge is 0.407 e. The molecule has 1 unspecified atom stereocenters. The van der Waals surface area contributed by atoms with Gasteiger partial charge in [-0.3, -0.25) is 5.10 Å². The highest BCUT2D eigenvalue weighted by Gasteiger charge is 2.22. The van der Waals surface area contributed by atoms with Crippen molar-refractivity contribution in [3.05, 3.63) is 18.0 Å². The van der Waals surface area contributed by atoms with Gasteiger partial charge in [-0.05, 0) is 53.0 Å². The van der Waals surface area contributed by atoms with E-state index in [0.29, 0.717) is 6.04 Å². The van der Waals surface area contributed by atoms with Crippen molar-refractivity contribution in [2.45, 2.75) is 64.7 Å². The number of rotatable bonds is 2. The van der Waals surface area contributed by atoms with Crippen molar-refractivity contribution < 1.29 is 14.6 Å². The number of amides is 1. The van der Waals surface area contributed by atoms with Gasteiger partial charge in [-0.2, -0.15) is 5.10 Å². The molecule has 1 aliphatic rings. The number of hydrogen-bond acceptors (Lipinski definition) is 4. The summed E-state index contributed by atoms with van der Waals surface area (Å²) in [5.74, 6) is 0. The number of hydrogen-bond donors (Lipinski definition) is 3. The zero-order valence-electron chi connectivity index (χ0n) is 12.6. The Balaban J connectivity index is 0.000000217. The fourth-order valence-corrected chi connectivity index (χ4v) is 1.53. The lowest BCUT2D eigenvalue weighted by atomic mass is 9.93. The minimum atomic E-state index is -0.433. The molecule has 2 rings (SSSR count). The van der Waals surface area contributed by atoms with Crippen molar-refractivity contribution >= 4 is 6.09 Å². The molecule has 1 atom stereocenters. The molecule has 0 aromatic carbocycles. The number of carbonyl (C=O) groups excluding carboxylic acids is 1. The lowest BCUT2D eigenvalue weighted by molar-refractivity contribution is 0.0480. The summed E-state index contributed by atoms with van der Waals surface area (Å²) >= 11 is 0. The van der Waals surface area contributed by atoms with Gasteiger partial charge in [0.25, 0.3) is 0 Å². The first kappa shape index (κ1) is 16.5. The summed E-state index contributed by atoms with van der Waals surface area (Å²) < 4.78 is 5.09. The average Bonchev–Trinajstić information content (AvgIpc) is 2.75. The van der Waals surface area contributed by atoms with Crippen molar-refractivity contribution in [2.75, 3.05) is 0 Å². The van der Waals surface area contributed by atoms with Gasteiger partial charge in [0.2, 0.25) is 0 Å². The molecule has 6 nitrogen and oxygen atoms in total. The number of ether oxygens (including phenoxy) is 1. The Kier molecular flexibility index (Phi) is 6.01. The second-order valence-corrected chi connectivity index (χ2v) is 5.96. The molecule has 1 saturated carbocycles. The Hall–Kier alpha value is -1.56. The predicted molar refractivity (Wildman–Crippen MR) is 76.2 cm³/mol. The first-order valence-corrected chi connectivity index (χ1v) is 6.95. The van der Waals surface area contributed by atoms with Crippen LogP contribution >= 0.6 is 0 Å². The summed E-state index contributed by atoms with van der Waals surface area (Å²) in [7, 11) is 0. The standard InChI is InChI=1S/C9H17NO2.C5H8N2O/c1-9(2,3)12-8(11)10-7-5-4-6-7;1-4(8)5-2-3-6-7-5/h7H,4-6H2,1-3H3,(H,10,11);2-4,8H,1H3,(H,6,7). The first-order valence-electron chi connectivity index (χ1n) is 6.95. The Morgan fingerprint density at radius 3 is 2.50 bits per heavy atom. The molecule has 1 amide bonds. The molecule has 0 radical (unpaired) electrons. The fraction of sp³-hybridized carbons (Fsp3) is 0.714. The maximum Gasteiger partial charge on any atom is 0.407 e. The third-order valence-corrected chi connectivity index (χ3v) is 2.80. The summed E-state index contributed by atoms with van der Waals surface area (Å²) in [4.78, 5) is 11.1. The van der Waals surface area contributed by atoms with Gasteiger partial charge in [-0.1, -0.05) is 0 Å². The van der Waals surface area contributed by atoms with Crippen molar-refractivity contribution in [3.8, 4) is 0 Å². The molecule has 1 aromatic rings. The van der Waals surface area contributed by atoms with Crippen LogP contribution < -0.4 is 5.32 Å². The monoisotopic (exact) mass is 283 g/mol. The van der Waals surface area contributed by atoms with Crippen LogP contribution in [0.15, 0.2) is 12.3 Å². The van der Waals surface area contributed by atoms with Crippen molar-refractivity contribution in [3.63, 3.8) is 0 Å². The molecular formula is C14H25N3O3. The number of aliphatic hydroxyl groups excluding tert-OH is 1. The van der Waals surface area contributed by atoms with Crippen LogP contribution in [-0.4, -0.2) is 33.0 Å². The molecule has 1 aliphatic carbocycles. The number of aromatic amines is 1. The summed E-state index contributed by atoms with van der Waals surface area (Å²) in [6.45, 7) is 7.29. The predicted octanol–water partition coefficient (Wildman–Crippen LogP) is 2.53. The number of carbonyl (C=O) groups is 1. The Bertz CT molecular complexity index is 392. The number of nitrogens with one attached hydrogen (secondary N) is 2. The SMILES string of the molecule is CC(C)(C)OC(=O)NC1CCC1.CC(O)c1ccn[nH]1. The summed E-state index contributed by atoms with van der Waals surface area (Å²) in [5, 5.41) is 17.9. The van der Waals surface area contributed by atoms with E-state index in [0.717, 1.165) is 18.5 Å². The van der Waals surface area contributed by atoms with Gasteiger partial charge in [0.1, 0.15) is 5.60 Å². The summed E-state index contributed by atoms with van der Waals surface area (Å²) in [6.07, 6.45) is 4.31. The molecule has 0 bridgehead atoms. The van der Waals surface area contributed by atoms with Crippen molar-refractivity contribution in [1.29, 1.82) is 0 Å². The van der Waals surface area contributed by atoms with E-state index >= 15 is 0 Å². The van der Waals surface area contributed by atoms with E-state index in [1.54, 1.807) is 19.2 Å². The molecule has 114 valence electrons. The number of aromatic nitrogens is 2. The number of aliphatic hydroxyl groups is 1. The molecule has 0 spiro atoms. The van der Waals surface area contributed by atoms with E-state index in [2.05, 4.69) is 15.5 Å². The highest BCUT2D eigenvalue weighted by atomic mass is 16.6. The van der Waals surface area contributed by atoms with E-state index in [-0.39, 0.29) is 11.7 Å². The fourth-order valence-electron chi connectivity index (χ4n) is 1.53. The van der Waals surface area contributed by atoms with Crippen LogP contribution in [0.1, 0.15) is 58.8 Å². The molecule has 3 N–H and O–H groups in total. The van der Waals surface area contributed by atoms with E-state index in [1.807, 2.05) is 20.8 Å². The van der Waals surface area contributed by atoms with Crippen molar-refractivity contribution in [1.82, 2.24) is 15.5 Å². The van der Waals surface area contributed by atoms with E-state index in [4.69, 9.17) is 9.84 Å². The number of nitrogens with zero attached hydrogens (tertiary/aromatic N) is 1. The minimum Gasteiger partial charge on any atom is -0.444 e. The van der Waals surface area contributed by atoms with Gasteiger partial charge < -0.3 is 15.2 Å². The zero-order chi connectivity index (χ0) is 15.2. The Labute approximate surface area is 119 Å². The molecule has 20 heavy (non-hydrogen) atoms. The average molecular weight is 283 g/mol. The van der Waals surface area contributed by atoms with Crippen molar-refractivity contribution in [2.24, 2.45) is 0 Å². The number of alkyl carbamates (subject to hydrolysis) is 1. The van der Waals surface area contributed by atoms with Gasteiger partial charge >= 0.3 is 6.09 Å². The lowest BCUT2D eigenvalue weighted by Gasteiger charge is -2.28. The van der Waals surface area contributed by atoms with Crippen LogP contribution in [0.2, 0.25) is 0 Å². The highest BCUT2D eigenvalue weighted by Crippen LogP contribution is 2.18. The molecule has 6 heteroatoms. The quantitative estimate of drug-likeness (QED) is 0.778. The van der Waals surface area contributed by atoms with Crippen LogP contribution in [0.4, 0.5) is 4.79 Å². The molecule has 1 heterocycles. The molecule has 1 aromatic heterocycles. The second kappa shape index (κ2) is 7.28. The van der Waals surface area contributed by atoms with Crippen LogP contribution in [0.3, 0.4) is 0 Å². The summed E-state index contributed by atoms with van der Waals surface area (Å²) in [6, 6.07) is 2.10. The van der Waals surface area contributed by atoms with Crippen LogP contribution in [0, 0.1) is 0 Å². The third-order valence-electron chi connectivity index (χ3n) is 2.80. The first-order chi connectivity index (χ1) is 9.28. The normalized spacial score (nSPS) is 16.4. The van der Waals surface area contributed by atoms with Gasteiger partial charge in [-0.15, -0.1) is 0 Å². The molecule has 1 fully saturated rings. The minimum absolute atomic E-state index is 0.285. The lowest BCUT2D eigenvalue weighted by Crippen LogP contribution is -2.42. The topological polar surface area (TPSA) is 87.2 Å². The number of H-pyrrole nitrogens is 1. The molecular weight excluding hydrogens is 258 g/mol. The van der Waals surface area contributed by atoms with E-state index in [9.17, 15) is 4.79 Å². The van der Waals surface area contributed by atoms with Gasteiger partial charge in [-0.25, -0.2) is 4.79 Å².